The summed E-state index contributed by atoms with van der Waals surface area (Å²) in [6.45, 7) is 5.53. The van der Waals surface area contributed by atoms with Gasteiger partial charge in [0.2, 0.25) is 6.29 Å². The van der Waals surface area contributed by atoms with Gasteiger partial charge in [-0.15, -0.1) is 0 Å². The highest BCUT2D eigenvalue weighted by atomic mass is 16.7. The first-order chi connectivity index (χ1) is 8.33. The molecular weight excluding hydrogens is 220 g/mol. The molecule has 0 saturated carbocycles. The predicted molar refractivity (Wildman–Crippen MR) is 60.6 cm³/mol. The van der Waals surface area contributed by atoms with E-state index in [-0.39, 0.29) is 6.10 Å². The van der Waals surface area contributed by atoms with Crippen molar-refractivity contribution in [2.45, 2.75) is 12.4 Å². The topological polar surface area (TPSA) is 40.2 Å². The van der Waals surface area contributed by atoms with Crippen molar-refractivity contribution in [1.82, 2.24) is 0 Å². The van der Waals surface area contributed by atoms with Crippen LogP contribution in [0, 0.1) is 0 Å². The number of ether oxygens (including phenoxy) is 4. The Morgan fingerprint density at radius 3 is 2.82 bits per heavy atom. The summed E-state index contributed by atoms with van der Waals surface area (Å²) < 4.78 is 21.8. The molecule has 2 heterocycles. The van der Waals surface area contributed by atoms with E-state index in [4.69, 9.17) is 18.9 Å². The van der Waals surface area contributed by atoms with Gasteiger partial charge in [0.15, 0.2) is 0 Å². The van der Waals surface area contributed by atoms with Crippen molar-refractivity contribution in [1.29, 1.82) is 0 Å². The van der Waals surface area contributed by atoms with Gasteiger partial charge in [-0.05, 0) is 12.1 Å². The van der Waals surface area contributed by atoms with Crippen LogP contribution in [0.5, 0.6) is 5.75 Å². The Hall–Kier alpha value is -1.52. The lowest BCUT2D eigenvalue weighted by atomic mass is 10.2. The van der Waals surface area contributed by atoms with Gasteiger partial charge in [-0.25, -0.2) is 0 Å². The first kappa shape index (κ1) is 10.6. The molecule has 4 nitrogen and oxygen atoms in total. The summed E-state index contributed by atoms with van der Waals surface area (Å²) in [6, 6.07) is 7.71. The number of hydrogen-bond acceptors (Lipinski definition) is 4. The van der Waals surface area contributed by atoms with Crippen molar-refractivity contribution in [2.24, 2.45) is 0 Å². The summed E-state index contributed by atoms with van der Waals surface area (Å²) in [5.74, 6) is 1.43. The number of benzene rings is 1. The largest absolute Gasteiger partial charge is 0.490 e. The van der Waals surface area contributed by atoms with Gasteiger partial charge >= 0.3 is 0 Å². The SMILES string of the molecule is C=C1COC(c2ccccc2OCC2CO2)O1. The second-order valence-corrected chi connectivity index (χ2v) is 4.10. The third kappa shape index (κ3) is 2.43. The lowest BCUT2D eigenvalue weighted by Gasteiger charge is -2.14. The van der Waals surface area contributed by atoms with Crippen molar-refractivity contribution in [3.8, 4) is 5.75 Å². The van der Waals surface area contributed by atoms with Crippen LogP contribution in [0.2, 0.25) is 0 Å². The Kier molecular flexibility index (Phi) is 2.74. The predicted octanol–water partition coefficient (Wildman–Crippen LogP) is 2.02. The van der Waals surface area contributed by atoms with Crippen LogP contribution < -0.4 is 4.74 Å². The minimum Gasteiger partial charge on any atom is -0.490 e. The van der Waals surface area contributed by atoms with Gasteiger partial charge in [-0.3, -0.25) is 0 Å². The van der Waals surface area contributed by atoms with Crippen LogP contribution in [0.3, 0.4) is 0 Å². The molecule has 2 aliphatic heterocycles. The Balaban J connectivity index is 1.74. The van der Waals surface area contributed by atoms with E-state index in [9.17, 15) is 0 Å². The molecular formula is C13H14O4. The van der Waals surface area contributed by atoms with E-state index in [2.05, 4.69) is 6.58 Å². The fraction of sp³-hybridized carbons (Fsp3) is 0.385. The summed E-state index contributed by atoms with van der Waals surface area (Å²) >= 11 is 0. The maximum absolute atomic E-state index is 5.69. The lowest BCUT2D eigenvalue weighted by molar-refractivity contribution is -0.0357. The summed E-state index contributed by atoms with van der Waals surface area (Å²) in [5.41, 5.74) is 0.895. The van der Waals surface area contributed by atoms with Crippen molar-refractivity contribution in [3.63, 3.8) is 0 Å². The fourth-order valence-corrected chi connectivity index (χ4v) is 1.70. The smallest absolute Gasteiger partial charge is 0.230 e. The zero-order chi connectivity index (χ0) is 11.7. The first-order valence-electron chi connectivity index (χ1n) is 5.62. The minimum atomic E-state index is -0.404. The quantitative estimate of drug-likeness (QED) is 0.747. The van der Waals surface area contributed by atoms with Crippen LogP contribution in [0.15, 0.2) is 36.6 Å². The zero-order valence-corrected chi connectivity index (χ0v) is 9.43. The molecule has 0 aliphatic carbocycles. The van der Waals surface area contributed by atoms with E-state index in [0.717, 1.165) is 17.9 Å². The van der Waals surface area contributed by atoms with Crippen molar-refractivity contribution >= 4 is 0 Å². The molecule has 0 aromatic heterocycles. The normalized spacial score (nSPS) is 26.7. The van der Waals surface area contributed by atoms with Crippen molar-refractivity contribution in [2.75, 3.05) is 19.8 Å². The third-order valence-electron chi connectivity index (χ3n) is 2.67. The van der Waals surface area contributed by atoms with Gasteiger partial charge in [0.05, 0.1) is 12.2 Å². The van der Waals surface area contributed by atoms with Crippen LogP contribution in [0.1, 0.15) is 11.9 Å². The number of hydrogen-bond donors (Lipinski definition) is 0. The second kappa shape index (κ2) is 4.39. The van der Waals surface area contributed by atoms with Gasteiger partial charge in [-0.1, -0.05) is 18.7 Å². The van der Waals surface area contributed by atoms with Crippen LogP contribution in [0.4, 0.5) is 0 Å². The molecule has 2 unspecified atom stereocenters. The second-order valence-electron chi connectivity index (χ2n) is 4.10. The Labute approximate surface area is 99.7 Å². The summed E-state index contributed by atoms with van der Waals surface area (Å²) in [6.07, 6.45) is -0.165. The fourth-order valence-electron chi connectivity index (χ4n) is 1.70. The molecule has 4 heteroatoms. The summed E-state index contributed by atoms with van der Waals surface area (Å²) in [5, 5.41) is 0. The molecule has 2 saturated heterocycles. The van der Waals surface area contributed by atoms with Gasteiger partial charge in [0.25, 0.3) is 0 Å². The number of para-hydroxylation sites is 1. The highest BCUT2D eigenvalue weighted by molar-refractivity contribution is 5.35. The summed E-state index contributed by atoms with van der Waals surface area (Å²) in [7, 11) is 0. The molecule has 0 N–H and O–H groups in total. The van der Waals surface area contributed by atoms with Gasteiger partial charge in [-0.2, -0.15) is 0 Å². The highest BCUT2D eigenvalue weighted by Gasteiger charge is 2.27. The van der Waals surface area contributed by atoms with E-state index in [1.54, 1.807) is 0 Å². The van der Waals surface area contributed by atoms with E-state index in [1.807, 2.05) is 24.3 Å². The molecule has 17 heavy (non-hydrogen) atoms. The average molecular weight is 234 g/mol. The first-order valence-corrected chi connectivity index (χ1v) is 5.62. The monoisotopic (exact) mass is 234 g/mol. The molecule has 3 rings (SSSR count). The van der Waals surface area contributed by atoms with Crippen LogP contribution in [0.25, 0.3) is 0 Å². The Bertz CT molecular complexity index is 425. The molecule has 1 aromatic carbocycles. The summed E-state index contributed by atoms with van der Waals surface area (Å²) in [4.78, 5) is 0. The molecule has 2 aliphatic rings. The number of epoxide rings is 1. The van der Waals surface area contributed by atoms with Gasteiger partial charge in [0, 0.05) is 0 Å². The van der Waals surface area contributed by atoms with Crippen LogP contribution in [-0.2, 0) is 14.2 Å². The molecule has 90 valence electrons. The van der Waals surface area contributed by atoms with Crippen molar-refractivity contribution < 1.29 is 18.9 Å². The van der Waals surface area contributed by atoms with Gasteiger partial charge < -0.3 is 18.9 Å². The maximum atomic E-state index is 5.69. The van der Waals surface area contributed by atoms with Crippen molar-refractivity contribution in [3.05, 3.63) is 42.2 Å². The van der Waals surface area contributed by atoms with E-state index in [1.165, 1.54) is 0 Å². The molecule has 2 atom stereocenters. The third-order valence-corrected chi connectivity index (χ3v) is 2.67. The molecule has 0 bridgehead atoms. The lowest BCUT2D eigenvalue weighted by Crippen LogP contribution is -2.08. The van der Waals surface area contributed by atoms with Crippen LogP contribution in [-0.4, -0.2) is 25.9 Å². The zero-order valence-electron chi connectivity index (χ0n) is 9.43. The molecule has 0 spiro atoms. The van der Waals surface area contributed by atoms with E-state index >= 15 is 0 Å². The molecule has 0 amide bonds. The number of rotatable bonds is 4. The molecule has 2 fully saturated rings. The van der Waals surface area contributed by atoms with Crippen LogP contribution >= 0.6 is 0 Å². The molecule has 1 aromatic rings. The van der Waals surface area contributed by atoms with E-state index < -0.39 is 6.29 Å². The van der Waals surface area contributed by atoms with Gasteiger partial charge in [0.1, 0.15) is 30.8 Å². The standard InChI is InChI=1S/C13H14O4/c1-9-6-16-13(17-9)11-4-2-3-5-12(11)15-8-10-7-14-10/h2-5,10,13H,1,6-8H2. The minimum absolute atomic E-state index is 0.239. The Morgan fingerprint density at radius 1 is 1.29 bits per heavy atom. The Morgan fingerprint density at radius 2 is 2.12 bits per heavy atom. The molecule has 0 radical (unpaired) electrons. The van der Waals surface area contributed by atoms with E-state index in [0.29, 0.717) is 19.0 Å². The maximum Gasteiger partial charge on any atom is 0.230 e. The average Bonchev–Trinajstić information content (AvgIpc) is 3.08. The highest BCUT2D eigenvalue weighted by Crippen LogP contribution is 2.34.